The summed E-state index contributed by atoms with van der Waals surface area (Å²) in [5.74, 6) is -0.0217. The van der Waals surface area contributed by atoms with Gasteiger partial charge in [-0.05, 0) is 49.8 Å². The Bertz CT molecular complexity index is 814. The monoisotopic (exact) mass is 436 g/mol. The highest BCUT2D eigenvalue weighted by Crippen LogP contribution is 2.35. The molecule has 2 saturated carbocycles. The Morgan fingerprint density at radius 2 is 2.06 bits per heavy atom. The molecule has 0 spiro atoms. The van der Waals surface area contributed by atoms with E-state index >= 15 is 0 Å². The van der Waals surface area contributed by atoms with Crippen LogP contribution in [0.15, 0.2) is 18.2 Å². The number of hydrogen-bond donors (Lipinski definition) is 2. The van der Waals surface area contributed by atoms with Crippen LogP contribution in [0.1, 0.15) is 44.1 Å². The summed E-state index contributed by atoms with van der Waals surface area (Å²) in [5, 5.41) is 2.78. The van der Waals surface area contributed by atoms with Gasteiger partial charge in [-0.3, -0.25) is 14.5 Å². The maximum atomic E-state index is 13.8. The minimum atomic E-state index is -2.78. The predicted octanol–water partition coefficient (Wildman–Crippen LogP) is 2.52. The molecule has 1 saturated heterocycles. The number of amides is 2. The lowest BCUT2D eigenvalue weighted by molar-refractivity contribution is -0.125. The summed E-state index contributed by atoms with van der Waals surface area (Å²) in [6.07, 6.45) is 2.94. The molecule has 3 fully saturated rings. The first-order valence-corrected chi connectivity index (χ1v) is 11.0. The number of nitrogens with zero attached hydrogens (tertiary/aromatic N) is 2. The Morgan fingerprint density at radius 3 is 2.65 bits per heavy atom. The van der Waals surface area contributed by atoms with Gasteiger partial charge < -0.3 is 20.7 Å². The Morgan fingerprint density at radius 1 is 1.29 bits per heavy atom. The summed E-state index contributed by atoms with van der Waals surface area (Å²) in [6.45, 7) is 1.43. The molecule has 7 nitrogen and oxygen atoms in total. The van der Waals surface area contributed by atoms with Gasteiger partial charge in [0.1, 0.15) is 12.6 Å². The van der Waals surface area contributed by atoms with Gasteiger partial charge in [0.05, 0.1) is 12.3 Å². The molecule has 1 aliphatic heterocycles. The van der Waals surface area contributed by atoms with E-state index in [0.717, 1.165) is 19.4 Å². The first-order valence-electron chi connectivity index (χ1n) is 11.0. The van der Waals surface area contributed by atoms with Crippen molar-refractivity contribution < 1.29 is 23.1 Å². The summed E-state index contributed by atoms with van der Waals surface area (Å²) in [7, 11) is 0. The van der Waals surface area contributed by atoms with Crippen molar-refractivity contribution in [3.05, 3.63) is 23.8 Å². The van der Waals surface area contributed by atoms with E-state index in [9.17, 15) is 18.4 Å². The van der Waals surface area contributed by atoms with Crippen LogP contribution in [0.4, 0.5) is 20.2 Å². The maximum Gasteiger partial charge on any atom is 0.265 e. The van der Waals surface area contributed by atoms with E-state index in [1.807, 2.05) is 0 Å². The number of nitrogens with two attached hydrogens (primary N) is 1. The summed E-state index contributed by atoms with van der Waals surface area (Å²) < 4.78 is 32.6. The highest BCUT2D eigenvalue weighted by atomic mass is 19.3. The topological polar surface area (TPSA) is 87.9 Å². The summed E-state index contributed by atoms with van der Waals surface area (Å²) in [4.78, 5) is 28.6. The third-order valence-corrected chi connectivity index (χ3v) is 6.44. The molecule has 9 heteroatoms. The highest BCUT2D eigenvalue weighted by Gasteiger charge is 2.38. The minimum absolute atomic E-state index is 0.128. The Kier molecular flexibility index (Phi) is 6.83. The largest absolute Gasteiger partial charge is 0.370 e. The van der Waals surface area contributed by atoms with Crippen molar-refractivity contribution in [1.82, 2.24) is 4.90 Å². The van der Waals surface area contributed by atoms with Crippen LogP contribution in [-0.2, 0) is 14.3 Å². The number of nitrogens with one attached hydrogen (secondary N) is 1. The second-order valence-corrected chi connectivity index (χ2v) is 8.64. The van der Waals surface area contributed by atoms with E-state index in [-0.39, 0.29) is 48.4 Å². The van der Waals surface area contributed by atoms with E-state index in [4.69, 9.17) is 10.5 Å². The van der Waals surface area contributed by atoms with Gasteiger partial charge in [-0.1, -0.05) is 6.42 Å². The second kappa shape index (κ2) is 9.58. The highest BCUT2D eigenvalue weighted by molar-refractivity contribution is 5.98. The zero-order valence-electron chi connectivity index (χ0n) is 17.6. The molecular weight excluding hydrogens is 406 g/mol. The summed E-state index contributed by atoms with van der Waals surface area (Å²) in [6, 6.07) is 4.17. The predicted molar refractivity (Wildman–Crippen MR) is 113 cm³/mol. The average molecular weight is 437 g/mol. The molecule has 3 aliphatic rings. The zero-order valence-corrected chi connectivity index (χ0v) is 17.6. The standard InChI is InChI=1S/C22H30F2N4O3/c23-21(24)17-10-15(4-7-18(17)27-8-9-31-13-20(27)29)26-22(30)19(11-25)28(16-5-6-16)12-14-2-1-3-14/h4,7,10,14,16,19,21H,1-3,5-6,8-9,11-13,25H2,(H,26,30)/t19-/m1/s1. The molecule has 0 unspecified atom stereocenters. The van der Waals surface area contributed by atoms with Crippen molar-refractivity contribution in [3.8, 4) is 0 Å². The molecule has 4 rings (SSSR count). The smallest absolute Gasteiger partial charge is 0.265 e. The molecule has 3 N–H and O–H groups in total. The van der Waals surface area contributed by atoms with Gasteiger partial charge in [0, 0.05) is 36.9 Å². The second-order valence-electron chi connectivity index (χ2n) is 8.64. The number of halogens is 2. The number of carbonyl (C=O) groups excluding carboxylic acids is 2. The van der Waals surface area contributed by atoms with Crippen molar-refractivity contribution in [2.24, 2.45) is 11.7 Å². The lowest BCUT2D eigenvalue weighted by Crippen LogP contribution is -2.51. The molecule has 31 heavy (non-hydrogen) atoms. The third-order valence-electron chi connectivity index (χ3n) is 6.44. The van der Waals surface area contributed by atoms with Crippen LogP contribution < -0.4 is 16.0 Å². The van der Waals surface area contributed by atoms with Crippen molar-refractivity contribution in [1.29, 1.82) is 0 Å². The number of hydrogen-bond acceptors (Lipinski definition) is 5. The average Bonchev–Trinajstić information content (AvgIpc) is 3.55. The molecule has 0 aromatic heterocycles. The van der Waals surface area contributed by atoms with Crippen LogP contribution in [0.2, 0.25) is 0 Å². The van der Waals surface area contributed by atoms with Crippen molar-refractivity contribution in [3.63, 3.8) is 0 Å². The van der Waals surface area contributed by atoms with E-state index in [1.54, 1.807) is 6.07 Å². The Balaban J connectivity index is 1.49. The molecule has 2 amide bonds. The van der Waals surface area contributed by atoms with Crippen LogP contribution in [0.25, 0.3) is 0 Å². The van der Waals surface area contributed by atoms with Gasteiger partial charge in [-0.15, -0.1) is 0 Å². The molecule has 2 aliphatic carbocycles. The number of carbonyl (C=O) groups is 2. The number of morpholine rings is 1. The normalized spacial score (nSPS) is 20.8. The minimum Gasteiger partial charge on any atom is -0.370 e. The third kappa shape index (κ3) is 5.05. The fourth-order valence-corrected chi connectivity index (χ4v) is 4.35. The first-order chi connectivity index (χ1) is 15.0. The van der Waals surface area contributed by atoms with Gasteiger partial charge in [0.2, 0.25) is 5.91 Å². The maximum absolute atomic E-state index is 13.8. The fourth-order valence-electron chi connectivity index (χ4n) is 4.35. The van der Waals surface area contributed by atoms with Gasteiger partial charge >= 0.3 is 0 Å². The van der Waals surface area contributed by atoms with Crippen LogP contribution in [0.5, 0.6) is 0 Å². The Labute approximate surface area is 180 Å². The van der Waals surface area contributed by atoms with E-state index in [2.05, 4.69) is 10.2 Å². The Hall–Kier alpha value is -2.10. The zero-order chi connectivity index (χ0) is 22.0. The van der Waals surface area contributed by atoms with Gasteiger partial charge in [-0.25, -0.2) is 8.78 Å². The molecule has 1 aromatic rings. The number of ether oxygens (including phenoxy) is 1. The molecule has 1 atom stereocenters. The number of benzene rings is 1. The number of rotatable bonds is 9. The van der Waals surface area contributed by atoms with Crippen LogP contribution >= 0.6 is 0 Å². The van der Waals surface area contributed by atoms with E-state index in [1.165, 1.54) is 36.3 Å². The van der Waals surface area contributed by atoms with Crippen molar-refractivity contribution >= 4 is 23.2 Å². The summed E-state index contributed by atoms with van der Waals surface area (Å²) in [5.41, 5.74) is 6.11. The van der Waals surface area contributed by atoms with Crippen molar-refractivity contribution in [2.45, 2.75) is 50.6 Å². The quantitative estimate of drug-likeness (QED) is 0.621. The summed E-state index contributed by atoms with van der Waals surface area (Å²) >= 11 is 0. The molecular formula is C22H30F2N4O3. The van der Waals surface area contributed by atoms with E-state index < -0.39 is 12.5 Å². The van der Waals surface area contributed by atoms with Gasteiger partial charge in [0.25, 0.3) is 12.3 Å². The molecule has 1 aromatic carbocycles. The lowest BCUT2D eigenvalue weighted by atomic mass is 9.84. The number of anilines is 2. The molecule has 170 valence electrons. The molecule has 1 heterocycles. The number of alkyl halides is 2. The van der Waals surface area contributed by atoms with E-state index in [0.29, 0.717) is 18.6 Å². The van der Waals surface area contributed by atoms with Gasteiger partial charge in [0.15, 0.2) is 0 Å². The SMILES string of the molecule is NC[C@H](C(=O)Nc1ccc(N2CCOCC2=O)c(C(F)F)c1)N(CC1CCC1)C1CC1. The molecule has 0 bridgehead atoms. The van der Waals surface area contributed by atoms with Crippen molar-refractivity contribution in [2.75, 3.05) is 43.1 Å². The first kappa shape index (κ1) is 22.1. The van der Waals surface area contributed by atoms with Crippen LogP contribution in [-0.4, -0.2) is 61.6 Å². The fraction of sp³-hybridized carbons (Fsp3) is 0.636. The molecule has 0 radical (unpaired) electrons. The van der Waals surface area contributed by atoms with Crippen LogP contribution in [0, 0.1) is 5.92 Å². The van der Waals surface area contributed by atoms with Gasteiger partial charge in [-0.2, -0.15) is 0 Å². The van der Waals surface area contributed by atoms with Crippen LogP contribution in [0.3, 0.4) is 0 Å². The lowest BCUT2D eigenvalue weighted by Gasteiger charge is -2.36.